The van der Waals surface area contributed by atoms with Crippen LogP contribution in [-0.2, 0) is 5.75 Å². The van der Waals surface area contributed by atoms with Crippen LogP contribution in [-0.4, -0.2) is 35.0 Å². The Morgan fingerprint density at radius 3 is 2.48 bits per heavy atom. The molecule has 0 spiro atoms. The zero-order valence-electron chi connectivity index (χ0n) is 15.1. The number of hydrogen-bond donors (Lipinski definition) is 1. The standard InChI is InChI=1S/C21H23NO4S/c23-20(22-11-14-5-1-2-6-15(14)12-22)17-7-3-4-8-19(17)27-13-18-16(21(24)25)9-10-26-18/h3-4,7-10,14-15H,1-2,5-6,11-13H2,(H,24,25). The molecule has 1 saturated carbocycles. The molecule has 2 fully saturated rings. The first-order valence-electron chi connectivity index (χ1n) is 9.44. The molecular formula is C21H23NO4S. The van der Waals surface area contributed by atoms with Gasteiger partial charge in [-0.3, -0.25) is 4.79 Å². The maximum atomic E-state index is 13.1. The molecule has 1 saturated heterocycles. The second-order valence-electron chi connectivity index (χ2n) is 7.36. The molecule has 5 nitrogen and oxygen atoms in total. The fourth-order valence-electron chi connectivity index (χ4n) is 4.30. The Kier molecular flexibility index (Phi) is 5.25. The van der Waals surface area contributed by atoms with Crippen molar-refractivity contribution in [3.63, 3.8) is 0 Å². The van der Waals surface area contributed by atoms with E-state index in [1.54, 1.807) is 0 Å². The van der Waals surface area contributed by atoms with Crippen LogP contribution in [0.2, 0.25) is 0 Å². The third-order valence-corrected chi connectivity index (χ3v) is 6.79. The Morgan fingerprint density at radius 1 is 1.07 bits per heavy atom. The molecule has 1 aliphatic carbocycles. The average Bonchev–Trinajstić information content (AvgIpc) is 3.32. The van der Waals surface area contributed by atoms with Crippen LogP contribution >= 0.6 is 11.8 Å². The molecule has 1 aromatic carbocycles. The number of amides is 1. The minimum Gasteiger partial charge on any atom is -0.478 e. The van der Waals surface area contributed by atoms with Gasteiger partial charge in [0.25, 0.3) is 5.91 Å². The van der Waals surface area contributed by atoms with Crippen molar-refractivity contribution in [1.29, 1.82) is 0 Å². The number of rotatable bonds is 5. The molecule has 1 aromatic heterocycles. The number of nitrogens with zero attached hydrogens (tertiary/aromatic N) is 1. The van der Waals surface area contributed by atoms with Crippen molar-refractivity contribution in [2.24, 2.45) is 11.8 Å². The van der Waals surface area contributed by atoms with E-state index in [1.807, 2.05) is 29.2 Å². The normalized spacial score (nSPS) is 21.9. The van der Waals surface area contributed by atoms with E-state index in [1.165, 1.54) is 49.8 Å². The number of fused-ring (bicyclic) bond motifs is 1. The van der Waals surface area contributed by atoms with Gasteiger partial charge in [0.15, 0.2) is 0 Å². The van der Waals surface area contributed by atoms with Gasteiger partial charge in [0.05, 0.1) is 17.6 Å². The molecule has 0 radical (unpaired) electrons. The van der Waals surface area contributed by atoms with Crippen molar-refractivity contribution < 1.29 is 19.1 Å². The highest BCUT2D eigenvalue weighted by molar-refractivity contribution is 7.98. The summed E-state index contributed by atoms with van der Waals surface area (Å²) in [7, 11) is 0. The van der Waals surface area contributed by atoms with E-state index in [2.05, 4.69) is 0 Å². The van der Waals surface area contributed by atoms with Gasteiger partial charge in [-0.05, 0) is 42.9 Å². The summed E-state index contributed by atoms with van der Waals surface area (Å²) in [5.74, 6) is 1.20. The zero-order valence-corrected chi connectivity index (χ0v) is 15.9. The Morgan fingerprint density at radius 2 is 1.78 bits per heavy atom. The summed E-state index contributed by atoms with van der Waals surface area (Å²) in [5.41, 5.74) is 0.875. The number of carboxylic acids is 1. The molecular weight excluding hydrogens is 362 g/mol. The van der Waals surface area contributed by atoms with Gasteiger partial charge in [0.2, 0.25) is 0 Å². The van der Waals surface area contributed by atoms with E-state index in [0.717, 1.165) is 18.0 Å². The van der Waals surface area contributed by atoms with E-state index >= 15 is 0 Å². The lowest BCUT2D eigenvalue weighted by atomic mass is 9.82. The first-order chi connectivity index (χ1) is 13.1. The lowest BCUT2D eigenvalue weighted by Gasteiger charge is -2.22. The number of carbonyl (C=O) groups is 2. The van der Waals surface area contributed by atoms with Gasteiger partial charge >= 0.3 is 5.97 Å². The summed E-state index contributed by atoms with van der Waals surface area (Å²) < 4.78 is 5.31. The number of carbonyl (C=O) groups excluding carboxylic acids is 1. The molecule has 2 atom stereocenters. The Bertz CT molecular complexity index is 832. The van der Waals surface area contributed by atoms with Crippen LogP contribution in [0.15, 0.2) is 45.9 Å². The summed E-state index contributed by atoms with van der Waals surface area (Å²) in [5, 5.41) is 9.21. The average molecular weight is 385 g/mol. The maximum absolute atomic E-state index is 13.1. The number of likely N-dealkylation sites (tertiary alicyclic amines) is 1. The van der Waals surface area contributed by atoms with Gasteiger partial charge in [-0.15, -0.1) is 11.8 Å². The zero-order chi connectivity index (χ0) is 18.8. The predicted octanol–water partition coefficient (Wildman–Crippen LogP) is 4.53. The van der Waals surface area contributed by atoms with Crippen LogP contribution in [0.25, 0.3) is 0 Å². The van der Waals surface area contributed by atoms with Crippen LogP contribution in [0.3, 0.4) is 0 Å². The van der Waals surface area contributed by atoms with Crippen molar-refractivity contribution in [1.82, 2.24) is 4.90 Å². The van der Waals surface area contributed by atoms with Crippen molar-refractivity contribution in [3.05, 3.63) is 53.5 Å². The van der Waals surface area contributed by atoms with Crippen LogP contribution < -0.4 is 0 Å². The molecule has 0 bridgehead atoms. The highest BCUT2D eigenvalue weighted by atomic mass is 32.2. The molecule has 2 aliphatic rings. The number of hydrogen-bond acceptors (Lipinski definition) is 4. The molecule has 6 heteroatoms. The number of benzene rings is 1. The van der Waals surface area contributed by atoms with Crippen molar-refractivity contribution in [2.45, 2.75) is 36.3 Å². The Hall–Kier alpha value is -2.21. The molecule has 2 aromatic rings. The largest absolute Gasteiger partial charge is 0.478 e. The van der Waals surface area contributed by atoms with E-state index < -0.39 is 5.97 Å². The molecule has 2 unspecified atom stereocenters. The summed E-state index contributed by atoms with van der Waals surface area (Å²) in [4.78, 5) is 27.3. The summed E-state index contributed by atoms with van der Waals surface area (Å²) >= 11 is 1.44. The van der Waals surface area contributed by atoms with Gasteiger partial charge in [-0.2, -0.15) is 0 Å². The number of aromatic carboxylic acids is 1. The number of thioether (sulfide) groups is 1. The van der Waals surface area contributed by atoms with E-state index in [4.69, 9.17) is 4.42 Å². The third kappa shape index (κ3) is 3.76. The minimum atomic E-state index is -0.997. The van der Waals surface area contributed by atoms with Crippen molar-refractivity contribution in [3.8, 4) is 0 Å². The number of furan rings is 1. The van der Waals surface area contributed by atoms with E-state index in [0.29, 0.717) is 28.9 Å². The first kappa shape index (κ1) is 18.2. The third-order valence-electron chi connectivity index (χ3n) is 5.72. The van der Waals surface area contributed by atoms with E-state index in [9.17, 15) is 14.7 Å². The molecule has 2 heterocycles. The SMILES string of the molecule is O=C(O)c1ccoc1CSc1ccccc1C(=O)N1CC2CCCCC2C1. The summed E-state index contributed by atoms with van der Waals surface area (Å²) in [6, 6.07) is 9.04. The predicted molar refractivity (Wildman–Crippen MR) is 103 cm³/mol. The molecule has 27 heavy (non-hydrogen) atoms. The lowest BCUT2D eigenvalue weighted by molar-refractivity contribution is 0.0694. The molecule has 4 rings (SSSR count). The van der Waals surface area contributed by atoms with Crippen molar-refractivity contribution in [2.75, 3.05) is 13.1 Å². The highest BCUT2D eigenvalue weighted by Gasteiger charge is 2.37. The Labute approximate surface area is 162 Å². The maximum Gasteiger partial charge on any atom is 0.339 e. The van der Waals surface area contributed by atoms with Gasteiger partial charge in [0, 0.05) is 18.0 Å². The molecule has 142 valence electrons. The fraction of sp³-hybridized carbons (Fsp3) is 0.429. The number of carboxylic acid groups (broad SMARTS) is 1. The van der Waals surface area contributed by atoms with Gasteiger partial charge in [-0.25, -0.2) is 4.79 Å². The second-order valence-corrected chi connectivity index (χ2v) is 8.38. The lowest BCUT2D eigenvalue weighted by Crippen LogP contribution is -2.29. The van der Waals surface area contributed by atoms with Gasteiger partial charge in [0.1, 0.15) is 11.3 Å². The first-order valence-corrected chi connectivity index (χ1v) is 10.4. The monoisotopic (exact) mass is 385 g/mol. The van der Waals surface area contributed by atoms with Crippen LogP contribution in [0.1, 0.15) is 52.2 Å². The van der Waals surface area contributed by atoms with E-state index in [-0.39, 0.29) is 11.5 Å². The molecule has 1 aliphatic heterocycles. The van der Waals surface area contributed by atoms with Crippen molar-refractivity contribution >= 4 is 23.6 Å². The van der Waals surface area contributed by atoms with Crippen LogP contribution in [0.4, 0.5) is 0 Å². The second kappa shape index (κ2) is 7.80. The highest BCUT2D eigenvalue weighted by Crippen LogP contribution is 2.37. The topological polar surface area (TPSA) is 70.7 Å². The minimum absolute atomic E-state index is 0.0883. The fourth-order valence-corrected chi connectivity index (χ4v) is 5.29. The Balaban J connectivity index is 1.48. The summed E-state index contributed by atoms with van der Waals surface area (Å²) in [6.07, 6.45) is 6.43. The van der Waals surface area contributed by atoms with Gasteiger partial charge < -0.3 is 14.4 Å². The van der Waals surface area contributed by atoms with Crippen LogP contribution in [0.5, 0.6) is 0 Å². The quantitative estimate of drug-likeness (QED) is 0.766. The summed E-state index contributed by atoms with van der Waals surface area (Å²) in [6.45, 7) is 1.73. The smallest absolute Gasteiger partial charge is 0.339 e. The van der Waals surface area contributed by atoms with Gasteiger partial charge in [-0.1, -0.05) is 25.0 Å². The molecule has 1 N–H and O–H groups in total. The molecule has 1 amide bonds. The van der Waals surface area contributed by atoms with Crippen LogP contribution in [0, 0.1) is 11.8 Å².